The third kappa shape index (κ3) is 5.99. The Hall–Kier alpha value is -2.69. The van der Waals surface area contributed by atoms with Crippen LogP contribution in [-0.4, -0.2) is 12.1 Å². The van der Waals surface area contributed by atoms with Gasteiger partial charge in [0.1, 0.15) is 6.61 Å². The molecule has 138 valence electrons. The fourth-order valence-electron chi connectivity index (χ4n) is 2.21. The van der Waals surface area contributed by atoms with E-state index in [-0.39, 0.29) is 19.1 Å². The molecular formula is C21H22F2O3. The van der Waals surface area contributed by atoms with Crippen LogP contribution in [0, 0.1) is 11.6 Å². The molecule has 3 nitrogen and oxygen atoms in total. The lowest BCUT2D eigenvalue weighted by Gasteiger charge is -2.10. The molecule has 5 heteroatoms. The first-order valence-corrected chi connectivity index (χ1v) is 8.51. The molecule has 0 heterocycles. The standard InChI is InChI=1S/C21H22F2O3/c1-3-15(2)26-20(24)11-7-10-17-12-18(22)21(19(23)13-17)25-14-16-8-5-4-6-9-16/h4-9,11-13,15H,3,10,14H2,1-2H3/b11-7+. The Morgan fingerprint density at radius 2 is 1.77 bits per heavy atom. The van der Waals surface area contributed by atoms with E-state index in [9.17, 15) is 13.6 Å². The number of esters is 1. The number of allylic oxidation sites excluding steroid dienone is 1. The summed E-state index contributed by atoms with van der Waals surface area (Å²) in [5.41, 5.74) is 1.22. The number of hydrogen-bond donors (Lipinski definition) is 0. The van der Waals surface area contributed by atoms with E-state index in [2.05, 4.69) is 0 Å². The number of benzene rings is 2. The van der Waals surface area contributed by atoms with Gasteiger partial charge < -0.3 is 9.47 Å². The number of carbonyl (C=O) groups excluding carboxylic acids is 1. The van der Waals surface area contributed by atoms with E-state index < -0.39 is 23.4 Å². The lowest BCUT2D eigenvalue weighted by Crippen LogP contribution is -2.11. The van der Waals surface area contributed by atoms with Crippen molar-refractivity contribution in [3.63, 3.8) is 0 Å². The van der Waals surface area contributed by atoms with E-state index >= 15 is 0 Å². The average molecular weight is 360 g/mol. The van der Waals surface area contributed by atoms with Crippen LogP contribution >= 0.6 is 0 Å². The summed E-state index contributed by atoms with van der Waals surface area (Å²) in [5.74, 6) is -2.42. The Kier molecular flexibility index (Phi) is 7.33. The Labute approximate surface area is 152 Å². The van der Waals surface area contributed by atoms with Crippen LogP contribution in [0.25, 0.3) is 0 Å². The van der Waals surface area contributed by atoms with E-state index in [1.54, 1.807) is 6.92 Å². The normalized spacial score (nSPS) is 12.2. The zero-order chi connectivity index (χ0) is 18.9. The molecular weight excluding hydrogens is 338 g/mol. The van der Waals surface area contributed by atoms with E-state index in [0.717, 1.165) is 12.0 Å². The molecule has 0 aliphatic heterocycles. The first-order chi connectivity index (χ1) is 12.5. The van der Waals surface area contributed by atoms with Crippen molar-refractivity contribution in [2.75, 3.05) is 0 Å². The minimum Gasteiger partial charge on any atom is -0.483 e. The topological polar surface area (TPSA) is 35.5 Å². The highest BCUT2D eigenvalue weighted by Gasteiger charge is 2.13. The SMILES string of the molecule is CCC(C)OC(=O)/C=C/Cc1cc(F)c(OCc2ccccc2)c(F)c1. The van der Waals surface area contributed by atoms with Crippen LogP contribution in [0.4, 0.5) is 8.78 Å². The average Bonchev–Trinajstić information content (AvgIpc) is 2.61. The molecule has 0 spiro atoms. The monoisotopic (exact) mass is 360 g/mol. The zero-order valence-corrected chi connectivity index (χ0v) is 14.9. The van der Waals surface area contributed by atoms with Crippen molar-refractivity contribution in [3.8, 4) is 5.75 Å². The molecule has 1 atom stereocenters. The first-order valence-electron chi connectivity index (χ1n) is 8.51. The number of halogens is 2. The van der Waals surface area contributed by atoms with Crippen molar-refractivity contribution in [1.29, 1.82) is 0 Å². The van der Waals surface area contributed by atoms with Gasteiger partial charge in [0.25, 0.3) is 0 Å². The van der Waals surface area contributed by atoms with Gasteiger partial charge in [0.2, 0.25) is 0 Å². The third-order valence-electron chi connectivity index (χ3n) is 3.78. The zero-order valence-electron chi connectivity index (χ0n) is 14.9. The van der Waals surface area contributed by atoms with Crippen molar-refractivity contribution >= 4 is 5.97 Å². The fourth-order valence-corrected chi connectivity index (χ4v) is 2.21. The molecule has 2 aromatic carbocycles. The Morgan fingerprint density at radius 3 is 2.38 bits per heavy atom. The second-order valence-electron chi connectivity index (χ2n) is 5.93. The smallest absolute Gasteiger partial charge is 0.330 e. The summed E-state index contributed by atoms with van der Waals surface area (Å²) in [7, 11) is 0. The summed E-state index contributed by atoms with van der Waals surface area (Å²) in [6.07, 6.45) is 3.55. The van der Waals surface area contributed by atoms with Crippen molar-refractivity contribution in [2.45, 2.75) is 39.4 Å². The number of hydrogen-bond acceptors (Lipinski definition) is 3. The van der Waals surface area contributed by atoms with Gasteiger partial charge in [0.05, 0.1) is 6.10 Å². The van der Waals surface area contributed by atoms with E-state index in [4.69, 9.17) is 9.47 Å². The summed E-state index contributed by atoms with van der Waals surface area (Å²) in [4.78, 5) is 11.5. The van der Waals surface area contributed by atoms with Crippen molar-refractivity contribution in [1.82, 2.24) is 0 Å². The molecule has 0 amide bonds. The van der Waals surface area contributed by atoms with Crippen LogP contribution in [0.2, 0.25) is 0 Å². The van der Waals surface area contributed by atoms with Crippen LogP contribution in [-0.2, 0) is 22.6 Å². The lowest BCUT2D eigenvalue weighted by molar-refractivity contribution is -0.142. The highest BCUT2D eigenvalue weighted by atomic mass is 19.1. The van der Waals surface area contributed by atoms with Crippen LogP contribution in [0.3, 0.4) is 0 Å². The highest BCUT2D eigenvalue weighted by Crippen LogP contribution is 2.24. The maximum Gasteiger partial charge on any atom is 0.330 e. The van der Waals surface area contributed by atoms with Gasteiger partial charge in [-0.25, -0.2) is 13.6 Å². The molecule has 1 unspecified atom stereocenters. The van der Waals surface area contributed by atoms with E-state index in [0.29, 0.717) is 5.56 Å². The molecule has 0 saturated heterocycles. The van der Waals surface area contributed by atoms with Gasteiger partial charge in [-0.15, -0.1) is 0 Å². The molecule has 0 N–H and O–H groups in total. The second-order valence-corrected chi connectivity index (χ2v) is 5.93. The predicted molar refractivity (Wildman–Crippen MR) is 95.8 cm³/mol. The molecule has 0 saturated carbocycles. The largest absolute Gasteiger partial charge is 0.483 e. The Bertz CT molecular complexity index is 734. The molecule has 0 aliphatic rings. The summed E-state index contributed by atoms with van der Waals surface area (Å²) in [5, 5.41) is 0. The quantitative estimate of drug-likeness (QED) is 0.492. The summed E-state index contributed by atoms with van der Waals surface area (Å²) < 4.78 is 38.6. The van der Waals surface area contributed by atoms with Gasteiger partial charge >= 0.3 is 5.97 Å². The van der Waals surface area contributed by atoms with Crippen LogP contribution in [0.1, 0.15) is 31.4 Å². The highest BCUT2D eigenvalue weighted by molar-refractivity contribution is 5.82. The molecule has 0 radical (unpaired) electrons. The van der Waals surface area contributed by atoms with Gasteiger partial charge in [-0.05, 0) is 43.0 Å². The maximum absolute atomic E-state index is 14.1. The van der Waals surface area contributed by atoms with Crippen LogP contribution in [0.5, 0.6) is 5.75 Å². The molecule has 0 aromatic heterocycles. The van der Waals surface area contributed by atoms with Gasteiger partial charge in [-0.1, -0.05) is 43.3 Å². The lowest BCUT2D eigenvalue weighted by atomic mass is 10.1. The third-order valence-corrected chi connectivity index (χ3v) is 3.78. The molecule has 0 aliphatic carbocycles. The van der Waals surface area contributed by atoms with Crippen molar-refractivity contribution in [3.05, 3.63) is 77.4 Å². The van der Waals surface area contributed by atoms with Gasteiger partial charge in [0, 0.05) is 6.08 Å². The van der Waals surface area contributed by atoms with Crippen LogP contribution in [0.15, 0.2) is 54.6 Å². The first kappa shape index (κ1) is 19.6. The molecule has 2 aromatic rings. The van der Waals surface area contributed by atoms with E-state index in [1.165, 1.54) is 24.3 Å². The number of carbonyl (C=O) groups is 1. The minimum atomic E-state index is -0.772. The number of ether oxygens (including phenoxy) is 2. The molecule has 0 bridgehead atoms. The molecule has 26 heavy (non-hydrogen) atoms. The summed E-state index contributed by atoms with van der Waals surface area (Å²) >= 11 is 0. The number of rotatable bonds is 8. The van der Waals surface area contributed by atoms with Crippen molar-refractivity contribution in [2.24, 2.45) is 0 Å². The summed E-state index contributed by atoms with van der Waals surface area (Å²) in [6.45, 7) is 3.79. The predicted octanol–water partition coefficient (Wildman–Crippen LogP) is 4.98. The minimum absolute atomic E-state index is 0.0788. The molecule has 2 rings (SSSR count). The maximum atomic E-state index is 14.1. The van der Waals surface area contributed by atoms with Gasteiger partial charge in [-0.2, -0.15) is 0 Å². The van der Waals surface area contributed by atoms with Gasteiger partial charge in [-0.3, -0.25) is 0 Å². The second kappa shape index (κ2) is 9.70. The van der Waals surface area contributed by atoms with Crippen LogP contribution < -0.4 is 4.74 Å². The summed E-state index contributed by atoms with van der Waals surface area (Å²) in [6, 6.07) is 11.5. The Morgan fingerprint density at radius 1 is 1.12 bits per heavy atom. The van der Waals surface area contributed by atoms with Gasteiger partial charge in [0.15, 0.2) is 17.4 Å². The fraction of sp³-hybridized carbons (Fsp3) is 0.286. The van der Waals surface area contributed by atoms with Crippen molar-refractivity contribution < 1.29 is 23.0 Å². The molecule has 0 fully saturated rings. The van der Waals surface area contributed by atoms with E-state index in [1.807, 2.05) is 37.3 Å². The Balaban J connectivity index is 1.96.